The minimum atomic E-state index is -0.977. The number of fused-ring (bicyclic) bond motifs is 1. The third-order valence-electron chi connectivity index (χ3n) is 4.48. The molecule has 27 heavy (non-hydrogen) atoms. The molecule has 1 amide bonds. The number of amides is 1. The molecule has 0 radical (unpaired) electrons. The first kappa shape index (κ1) is 19.4. The van der Waals surface area contributed by atoms with Crippen molar-refractivity contribution in [1.29, 1.82) is 0 Å². The Kier molecular flexibility index (Phi) is 5.82. The zero-order chi connectivity index (χ0) is 19.4. The Labute approximate surface area is 163 Å². The molecule has 3 aromatic rings. The number of carbonyl (C=O) groups excluding carboxylic acids is 1. The second kappa shape index (κ2) is 8.11. The number of hydrogen-bond donors (Lipinski definition) is 2. The lowest BCUT2D eigenvalue weighted by atomic mass is 9.99. The second-order valence-electron chi connectivity index (χ2n) is 7.33. The highest BCUT2D eigenvalue weighted by molar-refractivity contribution is 6.31. The van der Waals surface area contributed by atoms with Gasteiger partial charge in [0.25, 0.3) is 0 Å². The van der Waals surface area contributed by atoms with Crippen molar-refractivity contribution in [3.05, 3.63) is 64.8 Å². The largest absolute Gasteiger partial charge is 0.356 e. The van der Waals surface area contributed by atoms with Crippen LogP contribution in [0.3, 0.4) is 0 Å². The molecule has 3 rings (SSSR count). The quantitative estimate of drug-likeness (QED) is 0.631. The van der Waals surface area contributed by atoms with Gasteiger partial charge in [0.05, 0.1) is 11.6 Å². The Morgan fingerprint density at radius 1 is 1.26 bits per heavy atom. The van der Waals surface area contributed by atoms with Crippen LogP contribution in [0.4, 0.5) is 0 Å². The van der Waals surface area contributed by atoms with E-state index >= 15 is 0 Å². The number of nitrogens with zero attached hydrogens (tertiary/aromatic N) is 1. The van der Waals surface area contributed by atoms with Crippen LogP contribution in [0.1, 0.15) is 44.0 Å². The third kappa shape index (κ3) is 4.87. The number of aryl methyl sites for hydroxylation is 1. The van der Waals surface area contributed by atoms with E-state index < -0.39 is 5.54 Å². The van der Waals surface area contributed by atoms with Crippen molar-refractivity contribution >= 4 is 28.5 Å². The molecule has 0 aliphatic carbocycles. The van der Waals surface area contributed by atoms with Crippen LogP contribution in [0.15, 0.2) is 53.1 Å². The maximum atomic E-state index is 12.5. The van der Waals surface area contributed by atoms with Gasteiger partial charge in [0.15, 0.2) is 5.58 Å². The van der Waals surface area contributed by atoms with Crippen LogP contribution in [0.5, 0.6) is 0 Å². The lowest BCUT2D eigenvalue weighted by molar-refractivity contribution is -0.126. The fourth-order valence-electron chi connectivity index (χ4n) is 2.96. The predicted octanol–water partition coefficient (Wildman–Crippen LogP) is 4.40. The highest BCUT2D eigenvalue weighted by atomic mass is 35.5. The summed E-state index contributed by atoms with van der Waals surface area (Å²) >= 11 is 6.14. The summed E-state index contributed by atoms with van der Waals surface area (Å²) in [6.45, 7) is 3.36. The van der Waals surface area contributed by atoms with E-state index in [9.17, 15) is 4.79 Å². The first-order valence-electron chi connectivity index (χ1n) is 9.03. The standard InChI is InChI=1S/C21H24ClN3O2/c1-21(2,23)20(26)24-17(10-6-9-14-7-4-3-5-8-14)19-16-13-15(22)11-12-18(16)27-25-19/h3-5,7-8,11-13,17H,6,9-10,23H2,1-2H3,(H,24,26)/t17-/m1/s1. The minimum absolute atomic E-state index is 0.231. The van der Waals surface area contributed by atoms with Crippen LogP contribution < -0.4 is 11.1 Å². The zero-order valence-corrected chi connectivity index (χ0v) is 16.3. The average Bonchev–Trinajstić information content (AvgIpc) is 3.03. The van der Waals surface area contributed by atoms with Gasteiger partial charge in [-0.1, -0.05) is 47.1 Å². The van der Waals surface area contributed by atoms with Gasteiger partial charge in [-0.2, -0.15) is 0 Å². The van der Waals surface area contributed by atoms with E-state index in [1.807, 2.05) is 24.3 Å². The predicted molar refractivity (Wildman–Crippen MR) is 108 cm³/mol. The van der Waals surface area contributed by atoms with Crippen LogP contribution in [0.25, 0.3) is 11.0 Å². The van der Waals surface area contributed by atoms with Crippen molar-refractivity contribution in [2.75, 3.05) is 0 Å². The van der Waals surface area contributed by atoms with E-state index in [0.717, 1.165) is 18.2 Å². The number of nitrogens with two attached hydrogens (primary N) is 1. The highest BCUT2D eigenvalue weighted by Crippen LogP contribution is 2.29. The van der Waals surface area contributed by atoms with Gasteiger partial charge < -0.3 is 15.6 Å². The van der Waals surface area contributed by atoms with E-state index in [-0.39, 0.29) is 11.9 Å². The lowest BCUT2D eigenvalue weighted by Gasteiger charge is -2.23. The van der Waals surface area contributed by atoms with Gasteiger partial charge in [-0.3, -0.25) is 4.79 Å². The van der Waals surface area contributed by atoms with Crippen LogP contribution in [0, 0.1) is 0 Å². The molecule has 0 saturated carbocycles. The van der Waals surface area contributed by atoms with Gasteiger partial charge in [-0.05, 0) is 56.9 Å². The van der Waals surface area contributed by atoms with E-state index in [2.05, 4.69) is 22.6 Å². The molecule has 1 heterocycles. The zero-order valence-electron chi connectivity index (χ0n) is 15.5. The Balaban J connectivity index is 1.82. The fourth-order valence-corrected chi connectivity index (χ4v) is 3.13. The van der Waals surface area contributed by atoms with Crippen molar-refractivity contribution in [1.82, 2.24) is 10.5 Å². The summed E-state index contributed by atoms with van der Waals surface area (Å²) in [6, 6.07) is 15.3. The molecule has 0 aliphatic heterocycles. The molecule has 0 fully saturated rings. The number of hydrogen-bond acceptors (Lipinski definition) is 4. The number of carbonyl (C=O) groups is 1. The van der Waals surface area contributed by atoms with Crippen molar-refractivity contribution in [3.63, 3.8) is 0 Å². The van der Waals surface area contributed by atoms with Crippen molar-refractivity contribution in [2.24, 2.45) is 5.73 Å². The summed E-state index contributed by atoms with van der Waals surface area (Å²) < 4.78 is 5.43. The monoisotopic (exact) mass is 385 g/mol. The van der Waals surface area contributed by atoms with Gasteiger partial charge >= 0.3 is 0 Å². The molecule has 6 heteroatoms. The maximum absolute atomic E-state index is 12.5. The molecule has 3 N–H and O–H groups in total. The minimum Gasteiger partial charge on any atom is -0.356 e. The molecular formula is C21H24ClN3O2. The van der Waals surface area contributed by atoms with Crippen LogP contribution >= 0.6 is 11.6 Å². The summed E-state index contributed by atoms with van der Waals surface area (Å²) in [6.07, 6.45) is 2.51. The summed E-state index contributed by atoms with van der Waals surface area (Å²) in [5.41, 5.74) is 7.56. The number of benzene rings is 2. The van der Waals surface area contributed by atoms with Gasteiger partial charge in [0, 0.05) is 10.4 Å². The SMILES string of the molecule is CC(C)(N)C(=O)N[C@H](CCCc1ccccc1)c1noc2ccc(Cl)cc12. The molecule has 1 aromatic heterocycles. The van der Waals surface area contributed by atoms with Crippen LogP contribution in [-0.2, 0) is 11.2 Å². The van der Waals surface area contributed by atoms with E-state index in [4.69, 9.17) is 21.9 Å². The summed E-state index contributed by atoms with van der Waals surface area (Å²) in [5.74, 6) is -0.231. The normalized spacial score (nSPS) is 12.9. The Hall–Kier alpha value is -2.37. The smallest absolute Gasteiger partial charge is 0.240 e. The molecule has 1 atom stereocenters. The molecule has 0 bridgehead atoms. The molecule has 0 unspecified atom stereocenters. The Morgan fingerprint density at radius 2 is 2.00 bits per heavy atom. The molecule has 0 saturated heterocycles. The van der Waals surface area contributed by atoms with Gasteiger partial charge in [0.2, 0.25) is 5.91 Å². The lowest BCUT2D eigenvalue weighted by Crippen LogP contribution is -2.50. The van der Waals surface area contributed by atoms with E-state index in [1.165, 1.54) is 5.56 Å². The van der Waals surface area contributed by atoms with Crippen molar-refractivity contribution in [3.8, 4) is 0 Å². The fraction of sp³-hybridized carbons (Fsp3) is 0.333. The van der Waals surface area contributed by atoms with Crippen molar-refractivity contribution < 1.29 is 9.32 Å². The molecular weight excluding hydrogens is 362 g/mol. The topological polar surface area (TPSA) is 81.2 Å². The summed E-state index contributed by atoms with van der Waals surface area (Å²) in [7, 11) is 0. The Morgan fingerprint density at radius 3 is 2.70 bits per heavy atom. The Bertz CT molecular complexity index is 916. The molecule has 142 valence electrons. The highest BCUT2D eigenvalue weighted by Gasteiger charge is 2.27. The van der Waals surface area contributed by atoms with E-state index in [0.29, 0.717) is 22.7 Å². The summed E-state index contributed by atoms with van der Waals surface area (Å²) in [5, 5.41) is 8.64. The molecule has 2 aromatic carbocycles. The van der Waals surface area contributed by atoms with Gasteiger partial charge in [-0.25, -0.2) is 0 Å². The third-order valence-corrected chi connectivity index (χ3v) is 4.72. The number of rotatable bonds is 7. The number of aromatic nitrogens is 1. The number of nitrogens with one attached hydrogen (secondary N) is 1. The number of halogens is 1. The second-order valence-corrected chi connectivity index (χ2v) is 7.77. The van der Waals surface area contributed by atoms with Crippen molar-refractivity contribution in [2.45, 2.75) is 44.7 Å². The molecule has 0 aliphatic rings. The van der Waals surface area contributed by atoms with Crippen LogP contribution in [0.2, 0.25) is 5.02 Å². The maximum Gasteiger partial charge on any atom is 0.240 e. The van der Waals surface area contributed by atoms with Gasteiger partial charge in [-0.15, -0.1) is 0 Å². The van der Waals surface area contributed by atoms with Gasteiger partial charge in [0.1, 0.15) is 5.69 Å². The van der Waals surface area contributed by atoms with E-state index in [1.54, 1.807) is 26.0 Å². The first-order chi connectivity index (χ1) is 12.8. The first-order valence-corrected chi connectivity index (χ1v) is 9.41. The molecule has 5 nitrogen and oxygen atoms in total. The van der Waals surface area contributed by atoms with Crippen LogP contribution in [-0.4, -0.2) is 16.6 Å². The molecule has 0 spiro atoms. The summed E-state index contributed by atoms with van der Waals surface area (Å²) in [4.78, 5) is 12.5. The average molecular weight is 386 g/mol.